The van der Waals surface area contributed by atoms with Crippen LogP contribution in [0.4, 0.5) is 0 Å². The molecule has 1 rings (SSSR count). The monoisotopic (exact) mass is 194 g/mol. The van der Waals surface area contributed by atoms with Crippen molar-refractivity contribution in [3.8, 4) is 0 Å². The van der Waals surface area contributed by atoms with E-state index in [4.69, 9.17) is 0 Å². The summed E-state index contributed by atoms with van der Waals surface area (Å²) in [5.41, 5.74) is 1.40. The van der Waals surface area contributed by atoms with Crippen LogP contribution in [0, 0.1) is 0 Å². The molecule has 0 aliphatic heterocycles. The average molecular weight is 194 g/mol. The lowest BCUT2D eigenvalue weighted by molar-refractivity contribution is 0.0600. The first kappa shape index (κ1) is 10.7. The zero-order valence-electron chi connectivity index (χ0n) is 8.65. The summed E-state index contributed by atoms with van der Waals surface area (Å²) < 4.78 is 4.62. The van der Waals surface area contributed by atoms with Crippen LogP contribution < -0.4 is 0 Å². The van der Waals surface area contributed by atoms with E-state index in [1.54, 1.807) is 18.3 Å². The van der Waals surface area contributed by atoms with Crippen molar-refractivity contribution < 1.29 is 9.53 Å². The summed E-state index contributed by atoms with van der Waals surface area (Å²) >= 11 is 0. The van der Waals surface area contributed by atoms with Crippen molar-refractivity contribution in [3.05, 3.63) is 29.6 Å². The minimum absolute atomic E-state index is 0.326. The Balaban J connectivity index is 2.84. The summed E-state index contributed by atoms with van der Waals surface area (Å²) in [7, 11) is 5.27. The molecule has 0 amide bonds. The fourth-order valence-electron chi connectivity index (χ4n) is 1.13. The highest BCUT2D eigenvalue weighted by Crippen LogP contribution is 2.04. The van der Waals surface area contributed by atoms with Gasteiger partial charge >= 0.3 is 5.97 Å². The van der Waals surface area contributed by atoms with Crippen LogP contribution in [0.25, 0.3) is 0 Å². The highest BCUT2D eigenvalue weighted by atomic mass is 16.5. The van der Waals surface area contributed by atoms with Crippen molar-refractivity contribution in [2.24, 2.45) is 0 Å². The average Bonchev–Trinajstić information content (AvgIpc) is 2.16. The molecule has 0 bridgehead atoms. The minimum atomic E-state index is -0.326. The molecule has 0 aliphatic rings. The predicted molar refractivity (Wildman–Crippen MR) is 53.0 cm³/mol. The maximum absolute atomic E-state index is 11.2. The lowest BCUT2D eigenvalue weighted by Gasteiger charge is -2.09. The van der Waals surface area contributed by atoms with Gasteiger partial charge in [-0.15, -0.1) is 0 Å². The van der Waals surface area contributed by atoms with Gasteiger partial charge in [-0.05, 0) is 26.2 Å². The number of nitrogens with zero attached hydrogens (tertiary/aromatic N) is 2. The lowest BCUT2D eigenvalue weighted by Crippen LogP contribution is -2.12. The molecule has 14 heavy (non-hydrogen) atoms. The molecule has 0 spiro atoms. The number of pyridine rings is 1. The number of ether oxygens (including phenoxy) is 1. The molecular formula is C10H14N2O2. The van der Waals surface area contributed by atoms with E-state index in [0.29, 0.717) is 12.1 Å². The van der Waals surface area contributed by atoms with Crippen LogP contribution in [-0.4, -0.2) is 37.1 Å². The van der Waals surface area contributed by atoms with E-state index in [-0.39, 0.29) is 5.97 Å². The largest absolute Gasteiger partial charge is 0.465 e. The van der Waals surface area contributed by atoms with Crippen molar-refractivity contribution in [2.75, 3.05) is 21.2 Å². The molecule has 4 heteroatoms. The maximum atomic E-state index is 11.2. The molecule has 0 atom stereocenters. The van der Waals surface area contributed by atoms with Crippen LogP contribution in [0.3, 0.4) is 0 Å². The first-order chi connectivity index (χ1) is 6.63. The minimum Gasteiger partial charge on any atom is -0.465 e. The summed E-state index contributed by atoms with van der Waals surface area (Å²) in [6, 6.07) is 3.39. The Morgan fingerprint density at radius 2 is 2.29 bits per heavy atom. The van der Waals surface area contributed by atoms with Gasteiger partial charge in [-0.2, -0.15) is 0 Å². The Bertz CT molecular complexity index is 324. The van der Waals surface area contributed by atoms with E-state index >= 15 is 0 Å². The summed E-state index contributed by atoms with van der Waals surface area (Å²) in [6.45, 7) is 0.713. The van der Waals surface area contributed by atoms with Gasteiger partial charge in [0.1, 0.15) is 0 Å². The molecule has 0 fully saturated rings. The number of hydrogen-bond acceptors (Lipinski definition) is 4. The van der Waals surface area contributed by atoms with Crippen LogP contribution >= 0.6 is 0 Å². The molecule has 1 heterocycles. The van der Waals surface area contributed by atoms with Crippen molar-refractivity contribution in [1.29, 1.82) is 0 Å². The quantitative estimate of drug-likeness (QED) is 0.671. The smallest absolute Gasteiger partial charge is 0.337 e. The fraction of sp³-hybridized carbons (Fsp3) is 0.400. The third-order valence-corrected chi connectivity index (χ3v) is 1.72. The number of carbonyl (C=O) groups excluding carboxylic acids is 1. The van der Waals surface area contributed by atoms with Gasteiger partial charge in [-0.1, -0.05) is 0 Å². The Hall–Kier alpha value is -1.42. The van der Waals surface area contributed by atoms with Gasteiger partial charge in [-0.25, -0.2) is 4.79 Å². The number of rotatable bonds is 3. The standard InChI is InChI=1S/C10H14N2O2/c1-12(2)7-9-6-8(4-5-11-9)10(13)14-3/h4-6H,7H2,1-3H3. The van der Waals surface area contributed by atoms with E-state index in [9.17, 15) is 4.79 Å². The predicted octanol–water partition coefficient (Wildman–Crippen LogP) is 0.930. The molecule has 0 aromatic carbocycles. The Morgan fingerprint density at radius 1 is 1.57 bits per heavy atom. The van der Waals surface area contributed by atoms with Gasteiger partial charge in [0.15, 0.2) is 0 Å². The maximum Gasteiger partial charge on any atom is 0.337 e. The SMILES string of the molecule is COC(=O)c1ccnc(CN(C)C)c1. The lowest BCUT2D eigenvalue weighted by atomic mass is 10.2. The van der Waals surface area contributed by atoms with Gasteiger partial charge in [0, 0.05) is 12.7 Å². The second-order valence-corrected chi connectivity index (χ2v) is 3.27. The van der Waals surface area contributed by atoms with Crippen LogP contribution in [0.5, 0.6) is 0 Å². The second-order valence-electron chi connectivity index (χ2n) is 3.27. The van der Waals surface area contributed by atoms with Crippen molar-refractivity contribution in [1.82, 2.24) is 9.88 Å². The molecule has 0 unspecified atom stereocenters. The number of carbonyl (C=O) groups is 1. The van der Waals surface area contributed by atoms with Crippen LogP contribution in [-0.2, 0) is 11.3 Å². The fourth-order valence-corrected chi connectivity index (χ4v) is 1.13. The zero-order valence-corrected chi connectivity index (χ0v) is 8.65. The molecule has 0 N–H and O–H groups in total. The van der Waals surface area contributed by atoms with Crippen molar-refractivity contribution in [3.63, 3.8) is 0 Å². The molecule has 1 aromatic heterocycles. The van der Waals surface area contributed by atoms with Crippen LogP contribution in [0.1, 0.15) is 16.1 Å². The molecule has 1 aromatic rings. The Labute approximate surface area is 83.5 Å². The van der Waals surface area contributed by atoms with Gasteiger partial charge in [0.05, 0.1) is 18.4 Å². The van der Waals surface area contributed by atoms with Crippen LogP contribution in [0.15, 0.2) is 18.3 Å². The first-order valence-corrected chi connectivity index (χ1v) is 4.31. The highest BCUT2D eigenvalue weighted by Gasteiger charge is 2.06. The van der Waals surface area contributed by atoms with E-state index in [1.807, 2.05) is 19.0 Å². The Kier molecular flexibility index (Phi) is 3.59. The molecule has 4 nitrogen and oxygen atoms in total. The second kappa shape index (κ2) is 4.72. The topological polar surface area (TPSA) is 42.4 Å². The first-order valence-electron chi connectivity index (χ1n) is 4.31. The normalized spacial score (nSPS) is 10.3. The van der Waals surface area contributed by atoms with Gasteiger partial charge in [-0.3, -0.25) is 4.98 Å². The van der Waals surface area contributed by atoms with Crippen molar-refractivity contribution >= 4 is 5.97 Å². The number of aromatic nitrogens is 1. The number of methoxy groups -OCH3 is 1. The third-order valence-electron chi connectivity index (χ3n) is 1.72. The zero-order chi connectivity index (χ0) is 10.6. The molecule has 0 saturated carbocycles. The summed E-state index contributed by atoms with van der Waals surface area (Å²) in [5.74, 6) is -0.326. The van der Waals surface area contributed by atoms with Crippen molar-refractivity contribution in [2.45, 2.75) is 6.54 Å². The van der Waals surface area contributed by atoms with E-state index < -0.39 is 0 Å². The highest BCUT2D eigenvalue weighted by molar-refractivity contribution is 5.89. The Morgan fingerprint density at radius 3 is 2.86 bits per heavy atom. The molecule has 0 aliphatic carbocycles. The third kappa shape index (κ3) is 2.81. The molecular weight excluding hydrogens is 180 g/mol. The van der Waals surface area contributed by atoms with Gasteiger partial charge in [0.25, 0.3) is 0 Å². The van der Waals surface area contributed by atoms with E-state index in [2.05, 4.69) is 9.72 Å². The van der Waals surface area contributed by atoms with Gasteiger partial charge < -0.3 is 9.64 Å². The summed E-state index contributed by atoms with van der Waals surface area (Å²) in [6.07, 6.45) is 1.62. The van der Waals surface area contributed by atoms with E-state index in [0.717, 1.165) is 5.69 Å². The summed E-state index contributed by atoms with van der Waals surface area (Å²) in [5, 5.41) is 0. The molecule has 0 saturated heterocycles. The van der Waals surface area contributed by atoms with E-state index in [1.165, 1.54) is 7.11 Å². The van der Waals surface area contributed by atoms with Crippen LogP contribution in [0.2, 0.25) is 0 Å². The molecule has 76 valence electrons. The molecule has 0 radical (unpaired) electrons. The number of esters is 1. The van der Waals surface area contributed by atoms with Gasteiger partial charge in [0.2, 0.25) is 0 Å². The summed E-state index contributed by atoms with van der Waals surface area (Å²) in [4.78, 5) is 17.3. The number of hydrogen-bond donors (Lipinski definition) is 0.